The summed E-state index contributed by atoms with van der Waals surface area (Å²) < 4.78 is 6.81. The lowest BCUT2D eigenvalue weighted by molar-refractivity contribution is -0.689. The van der Waals surface area contributed by atoms with E-state index in [-0.39, 0.29) is 40.5 Å². The Balaban J connectivity index is 1.39. The van der Waals surface area contributed by atoms with Crippen molar-refractivity contribution in [2.75, 3.05) is 18.6 Å². The van der Waals surface area contributed by atoms with Gasteiger partial charge in [-0.05, 0) is 0 Å². The van der Waals surface area contributed by atoms with Crippen LogP contribution in [-0.2, 0) is 25.8 Å². The molecule has 0 saturated carbocycles. The first kappa shape index (κ1) is 24.7. The summed E-state index contributed by atoms with van der Waals surface area (Å²) in [7, 11) is 1.22. The van der Waals surface area contributed by atoms with Gasteiger partial charge < -0.3 is 30.9 Å². The van der Waals surface area contributed by atoms with E-state index in [1.807, 2.05) is 0 Å². The number of thiazole rings is 1. The van der Waals surface area contributed by atoms with E-state index >= 15 is 0 Å². The van der Waals surface area contributed by atoms with Crippen LogP contribution in [0.1, 0.15) is 16.4 Å². The number of aliphatic carboxylic acids is 1. The van der Waals surface area contributed by atoms with Crippen LogP contribution in [0.5, 0.6) is 0 Å². The van der Waals surface area contributed by atoms with E-state index in [0.29, 0.717) is 10.4 Å². The molecule has 5 heterocycles. The van der Waals surface area contributed by atoms with Gasteiger partial charge in [-0.1, -0.05) is 16.5 Å². The fourth-order valence-corrected chi connectivity index (χ4v) is 6.59. The third-order valence-electron chi connectivity index (χ3n) is 5.53. The van der Waals surface area contributed by atoms with Crippen molar-refractivity contribution in [3.05, 3.63) is 40.7 Å². The summed E-state index contributed by atoms with van der Waals surface area (Å²) in [6.07, 6.45) is 3.20. The number of amides is 2. The van der Waals surface area contributed by atoms with Gasteiger partial charge in [0.05, 0.1) is 11.7 Å². The third kappa shape index (κ3) is 4.17. The van der Waals surface area contributed by atoms with Crippen molar-refractivity contribution in [3.8, 4) is 0 Å². The molecule has 0 aromatic carbocycles. The summed E-state index contributed by atoms with van der Waals surface area (Å²) in [4.78, 5) is 60.0. The Bertz CT molecular complexity index is 1520. The summed E-state index contributed by atoms with van der Waals surface area (Å²) in [6.45, 7) is -0.0819. The maximum Gasteiger partial charge on any atom is 0.420 e. The van der Waals surface area contributed by atoms with Gasteiger partial charge in [-0.2, -0.15) is 13.8 Å². The summed E-state index contributed by atoms with van der Waals surface area (Å²) in [5.74, 6) is -4.25. The minimum Gasteiger partial charge on any atom is -0.543 e. The first-order chi connectivity index (χ1) is 17.7. The number of nitrogens with zero attached hydrogens (tertiary/aromatic N) is 6. The molecule has 0 bridgehead atoms. The van der Waals surface area contributed by atoms with Gasteiger partial charge >= 0.3 is 11.8 Å². The number of anilines is 1. The van der Waals surface area contributed by atoms with Crippen molar-refractivity contribution in [3.63, 3.8) is 0 Å². The van der Waals surface area contributed by atoms with Crippen LogP contribution in [0.4, 0.5) is 5.13 Å². The number of fused-ring (bicyclic) bond motifs is 2. The molecule has 2 aliphatic rings. The van der Waals surface area contributed by atoms with Crippen LogP contribution in [0.3, 0.4) is 0 Å². The number of hydrogen-bond acceptors (Lipinski definition) is 13. The fraction of sp³-hybridized carbons (Fsp3) is 0.263. The number of nitrogen functional groups attached to an aromatic ring is 1. The first-order valence-electron chi connectivity index (χ1n) is 10.3. The second-order valence-corrected chi connectivity index (χ2v) is 10.5. The SMILES string of the molecule is CO/N=C(\C(=O)N[C@@H]1C(=O)N2C(C(=O)[O-])=C(C[n+]3cc4sccn4c3C(=O)O)CS[C@H]12)c1nsc(N)n1. The molecule has 0 unspecified atom stereocenters. The smallest absolute Gasteiger partial charge is 0.420 e. The summed E-state index contributed by atoms with van der Waals surface area (Å²) >= 11 is 3.39. The van der Waals surface area contributed by atoms with E-state index in [9.17, 15) is 29.4 Å². The largest absolute Gasteiger partial charge is 0.543 e. The predicted octanol–water partition coefficient (Wildman–Crippen LogP) is -2.13. The molecule has 3 aromatic rings. The van der Waals surface area contributed by atoms with E-state index in [2.05, 4.69) is 24.7 Å². The molecule has 37 heavy (non-hydrogen) atoms. The summed E-state index contributed by atoms with van der Waals surface area (Å²) in [5.41, 5.74) is 5.22. The van der Waals surface area contributed by atoms with Gasteiger partial charge in [0.15, 0.2) is 5.13 Å². The molecule has 1 saturated heterocycles. The number of aromatic nitrogens is 4. The number of carboxylic acids is 2. The molecule has 0 spiro atoms. The molecule has 15 nitrogen and oxygen atoms in total. The van der Waals surface area contributed by atoms with Crippen molar-refractivity contribution in [1.29, 1.82) is 0 Å². The Morgan fingerprint density at radius 2 is 2.22 bits per heavy atom. The van der Waals surface area contributed by atoms with Crippen molar-refractivity contribution in [2.45, 2.75) is 18.0 Å². The molecule has 18 heteroatoms. The van der Waals surface area contributed by atoms with Crippen LogP contribution in [0, 0.1) is 0 Å². The molecule has 0 radical (unpaired) electrons. The molecule has 0 aliphatic carbocycles. The zero-order valence-corrected chi connectivity index (χ0v) is 21.1. The highest BCUT2D eigenvalue weighted by Crippen LogP contribution is 2.40. The van der Waals surface area contributed by atoms with E-state index in [1.165, 1.54) is 39.2 Å². The number of aromatic carboxylic acids is 1. The summed E-state index contributed by atoms with van der Waals surface area (Å²) in [5, 5.41) is 29.0. The number of nitrogens with one attached hydrogen (secondary N) is 1. The van der Waals surface area contributed by atoms with Crippen LogP contribution in [0.25, 0.3) is 4.83 Å². The first-order valence-corrected chi connectivity index (χ1v) is 13.0. The van der Waals surface area contributed by atoms with Gasteiger partial charge in [-0.25, -0.2) is 9.36 Å². The van der Waals surface area contributed by atoms with Gasteiger partial charge in [0.25, 0.3) is 11.8 Å². The lowest BCUT2D eigenvalue weighted by Gasteiger charge is -2.50. The Hall–Kier alpha value is -4.03. The molecule has 2 amide bonds. The Morgan fingerprint density at radius 1 is 1.43 bits per heavy atom. The van der Waals surface area contributed by atoms with Gasteiger partial charge in [-0.15, -0.1) is 11.8 Å². The number of oxime groups is 1. The Morgan fingerprint density at radius 3 is 2.86 bits per heavy atom. The van der Waals surface area contributed by atoms with Crippen molar-refractivity contribution < 1.29 is 38.8 Å². The molecular weight excluding hydrogens is 548 g/mol. The average Bonchev–Trinajstić information content (AvgIpc) is 3.56. The second kappa shape index (κ2) is 9.45. The van der Waals surface area contributed by atoms with Crippen molar-refractivity contribution in [2.24, 2.45) is 5.16 Å². The molecule has 4 N–H and O–H groups in total. The number of thioether (sulfide) groups is 1. The number of carbonyl (C=O) groups excluding carboxylic acids is 3. The van der Waals surface area contributed by atoms with Crippen LogP contribution in [0.15, 0.2) is 34.2 Å². The highest BCUT2D eigenvalue weighted by atomic mass is 32.2. The van der Waals surface area contributed by atoms with E-state index in [4.69, 9.17) is 5.73 Å². The van der Waals surface area contributed by atoms with Crippen molar-refractivity contribution >= 4 is 74.1 Å². The fourth-order valence-electron chi connectivity index (χ4n) is 4.05. The van der Waals surface area contributed by atoms with E-state index in [1.54, 1.807) is 17.8 Å². The number of carboxylic acid groups (broad SMARTS) is 2. The second-order valence-electron chi connectivity index (χ2n) is 7.68. The lowest BCUT2D eigenvalue weighted by atomic mass is 10.0. The monoisotopic (exact) mass is 564 g/mol. The molecule has 2 atom stereocenters. The standard InChI is InChI=1S/C19H16N8O7S3/c1-34-23-9(12-22-19(20)37-24-12)13(28)21-10-15(29)27-11(17(30)31)7(6-36-16(10)27)4-25-5-8-26(2-3-35-8)14(25)18(32)33/h2-3,5,10,16H,4,6H2,1H3,(H4-,20,21,22,24,28,30,31,32,33)/b23-9-/t10-,16-/m1/s1. The van der Waals surface area contributed by atoms with Crippen LogP contribution >= 0.6 is 34.6 Å². The Kier molecular flexibility index (Phi) is 6.30. The lowest BCUT2D eigenvalue weighted by Crippen LogP contribution is -2.71. The van der Waals surface area contributed by atoms with Gasteiger partial charge in [0, 0.05) is 28.2 Å². The van der Waals surface area contributed by atoms with E-state index in [0.717, 1.165) is 16.4 Å². The number of rotatable bonds is 8. The summed E-state index contributed by atoms with van der Waals surface area (Å²) in [6, 6.07) is -1.06. The average molecular weight is 565 g/mol. The molecule has 2 aliphatic heterocycles. The van der Waals surface area contributed by atoms with Crippen LogP contribution < -0.4 is 20.7 Å². The minimum atomic E-state index is -1.58. The highest BCUT2D eigenvalue weighted by molar-refractivity contribution is 8.00. The highest BCUT2D eigenvalue weighted by Gasteiger charge is 2.53. The van der Waals surface area contributed by atoms with E-state index < -0.39 is 35.2 Å². The normalized spacial score (nSPS) is 19.5. The number of β-lactam (4-membered cyclic amide) rings is 1. The minimum absolute atomic E-state index is 0.0603. The zero-order valence-electron chi connectivity index (χ0n) is 18.7. The molecule has 3 aromatic heterocycles. The number of nitrogens with two attached hydrogens (primary N) is 1. The molecule has 192 valence electrons. The maximum atomic E-state index is 13.0. The number of imidazole rings is 1. The third-order valence-corrected chi connectivity index (χ3v) is 8.22. The van der Waals surface area contributed by atoms with Gasteiger partial charge in [0.1, 0.15) is 37.5 Å². The topological polar surface area (TPSA) is 209 Å². The zero-order chi connectivity index (χ0) is 26.4. The molecular formula is C19H16N8O7S3. The molecule has 5 rings (SSSR count). The number of hydrogen-bond donors (Lipinski definition) is 3. The van der Waals surface area contributed by atoms with Gasteiger partial charge in [0.2, 0.25) is 16.4 Å². The number of carbonyl (C=O) groups is 4. The van der Waals surface area contributed by atoms with Crippen LogP contribution in [0.2, 0.25) is 0 Å². The Labute approximate surface area is 219 Å². The quantitative estimate of drug-likeness (QED) is 0.116. The maximum absolute atomic E-state index is 13.0. The van der Waals surface area contributed by atoms with Crippen LogP contribution in [-0.4, -0.2) is 77.5 Å². The van der Waals surface area contributed by atoms with Gasteiger partial charge in [-0.3, -0.25) is 14.5 Å². The predicted molar refractivity (Wildman–Crippen MR) is 127 cm³/mol. The van der Waals surface area contributed by atoms with Crippen molar-refractivity contribution in [1.82, 2.24) is 24.0 Å². The molecule has 1 fully saturated rings.